The fraction of sp³-hybridized carbons (Fsp3) is 0.111. The highest BCUT2D eigenvalue weighted by Gasteiger charge is 2.14. The van der Waals surface area contributed by atoms with Gasteiger partial charge in [-0.15, -0.1) is 0 Å². The van der Waals surface area contributed by atoms with Gasteiger partial charge in [-0.3, -0.25) is 4.98 Å². The van der Waals surface area contributed by atoms with Gasteiger partial charge < -0.3 is 4.74 Å². The predicted octanol–water partition coefficient (Wildman–Crippen LogP) is 4.92. The average Bonchev–Trinajstić information content (AvgIpc) is 2.55. The third-order valence-corrected chi connectivity index (χ3v) is 3.99. The molecule has 1 heterocycles. The summed E-state index contributed by atoms with van der Waals surface area (Å²) in [6.45, 7) is 1.85. The molecule has 3 nitrogen and oxygen atoms in total. The van der Waals surface area contributed by atoms with Gasteiger partial charge in [0.05, 0.1) is 5.56 Å². The van der Waals surface area contributed by atoms with Crippen LogP contribution in [0, 0.1) is 0 Å². The maximum absolute atomic E-state index is 12.3. The minimum Gasteiger partial charge on any atom is -0.454 e. The Labute approximate surface area is 137 Å². The summed E-state index contributed by atoms with van der Waals surface area (Å²) in [5, 5.41) is 2.09. The maximum atomic E-state index is 12.3. The van der Waals surface area contributed by atoms with E-state index in [0.29, 0.717) is 5.56 Å². The molecule has 110 valence electrons. The molecule has 3 aromatic rings. The van der Waals surface area contributed by atoms with E-state index in [9.17, 15) is 4.79 Å². The molecule has 1 atom stereocenters. The Morgan fingerprint density at radius 2 is 1.73 bits per heavy atom. The van der Waals surface area contributed by atoms with Crippen LogP contribution in [-0.2, 0) is 4.74 Å². The second-order valence-electron chi connectivity index (χ2n) is 5.03. The molecule has 1 aromatic heterocycles. The van der Waals surface area contributed by atoms with Crippen molar-refractivity contribution >= 4 is 32.7 Å². The lowest BCUT2D eigenvalue weighted by Crippen LogP contribution is -2.09. The van der Waals surface area contributed by atoms with Gasteiger partial charge in [0, 0.05) is 16.9 Å². The van der Waals surface area contributed by atoms with Gasteiger partial charge in [0.2, 0.25) is 0 Å². The molecule has 0 bridgehead atoms. The van der Waals surface area contributed by atoms with E-state index in [-0.39, 0.29) is 12.1 Å². The third kappa shape index (κ3) is 3.17. The van der Waals surface area contributed by atoms with E-state index < -0.39 is 0 Å². The number of ether oxygens (including phenoxy) is 1. The fourth-order valence-electron chi connectivity index (χ4n) is 2.27. The van der Waals surface area contributed by atoms with Crippen LogP contribution in [-0.4, -0.2) is 11.0 Å². The lowest BCUT2D eigenvalue weighted by molar-refractivity contribution is 0.0338. The summed E-state index contributed by atoms with van der Waals surface area (Å²) in [5.41, 5.74) is 1.48. The molecule has 0 aliphatic rings. The van der Waals surface area contributed by atoms with Crippen molar-refractivity contribution in [2.75, 3.05) is 0 Å². The Kier molecular flexibility index (Phi) is 4.20. The minimum atomic E-state index is -0.325. The van der Waals surface area contributed by atoms with Gasteiger partial charge >= 0.3 is 5.97 Å². The number of esters is 1. The molecule has 22 heavy (non-hydrogen) atoms. The van der Waals surface area contributed by atoms with Crippen molar-refractivity contribution in [2.45, 2.75) is 13.0 Å². The first-order valence-corrected chi connectivity index (χ1v) is 7.73. The van der Waals surface area contributed by atoms with Crippen molar-refractivity contribution in [2.24, 2.45) is 0 Å². The van der Waals surface area contributed by atoms with Gasteiger partial charge in [0.15, 0.2) is 0 Å². The number of benzene rings is 2. The first-order chi connectivity index (χ1) is 10.6. The van der Waals surface area contributed by atoms with Crippen molar-refractivity contribution < 1.29 is 9.53 Å². The van der Waals surface area contributed by atoms with Crippen LogP contribution in [0.4, 0.5) is 0 Å². The number of hydrogen-bond donors (Lipinski definition) is 0. The molecule has 0 saturated heterocycles. The predicted molar refractivity (Wildman–Crippen MR) is 89.7 cm³/mol. The Balaban J connectivity index is 1.81. The van der Waals surface area contributed by atoms with E-state index in [1.165, 1.54) is 0 Å². The summed E-state index contributed by atoms with van der Waals surface area (Å²) in [6, 6.07) is 15.2. The Morgan fingerprint density at radius 3 is 2.50 bits per heavy atom. The van der Waals surface area contributed by atoms with Crippen molar-refractivity contribution in [3.8, 4) is 0 Å². The van der Waals surface area contributed by atoms with E-state index in [2.05, 4.69) is 20.9 Å². The second-order valence-corrected chi connectivity index (χ2v) is 5.95. The summed E-state index contributed by atoms with van der Waals surface area (Å²) in [7, 11) is 0. The van der Waals surface area contributed by atoms with E-state index in [4.69, 9.17) is 4.74 Å². The van der Waals surface area contributed by atoms with E-state index in [1.807, 2.05) is 49.4 Å². The second kappa shape index (κ2) is 6.28. The largest absolute Gasteiger partial charge is 0.454 e. The summed E-state index contributed by atoms with van der Waals surface area (Å²) in [5.74, 6) is -0.325. The van der Waals surface area contributed by atoms with Crippen molar-refractivity contribution in [1.29, 1.82) is 0 Å². The quantitative estimate of drug-likeness (QED) is 0.626. The molecular formula is C18H14BrNO2. The standard InChI is InChI=1S/C18H14BrNO2/c1-12(13-6-8-20-9-7-13)22-18(21)16-3-2-15-11-17(19)5-4-14(15)10-16/h2-12H,1H3/t12-/m1/s1. The molecule has 4 heteroatoms. The lowest BCUT2D eigenvalue weighted by atomic mass is 10.1. The van der Waals surface area contributed by atoms with Gasteiger partial charge in [-0.05, 0) is 59.7 Å². The van der Waals surface area contributed by atoms with Crippen LogP contribution in [0.3, 0.4) is 0 Å². The summed E-state index contributed by atoms with van der Waals surface area (Å²) in [6.07, 6.45) is 3.07. The molecule has 0 amide bonds. The summed E-state index contributed by atoms with van der Waals surface area (Å²) >= 11 is 3.44. The van der Waals surface area contributed by atoms with Gasteiger partial charge in [0.1, 0.15) is 6.10 Å². The molecular weight excluding hydrogens is 342 g/mol. The van der Waals surface area contributed by atoms with Crippen molar-refractivity contribution in [1.82, 2.24) is 4.98 Å². The van der Waals surface area contributed by atoms with Crippen LogP contribution in [0.25, 0.3) is 10.8 Å². The van der Waals surface area contributed by atoms with Crippen LogP contribution < -0.4 is 0 Å². The first kappa shape index (κ1) is 14.7. The lowest BCUT2D eigenvalue weighted by Gasteiger charge is -2.13. The number of hydrogen-bond acceptors (Lipinski definition) is 3. The molecule has 0 saturated carbocycles. The van der Waals surface area contributed by atoms with E-state index in [0.717, 1.165) is 20.8 Å². The molecule has 2 aromatic carbocycles. The third-order valence-electron chi connectivity index (χ3n) is 3.50. The fourth-order valence-corrected chi connectivity index (χ4v) is 2.65. The number of aromatic nitrogens is 1. The van der Waals surface area contributed by atoms with Gasteiger partial charge in [-0.2, -0.15) is 0 Å². The number of rotatable bonds is 3. The topological polar surface area (TPSA) is 39.2 Å². The molecule has 0 N–H and O–H groups in total. The van der Waals surface area contributed by atoms with Gasteiger partial charge in [-0.25, -0.2) is 4.79 Å². The Morgan fingerprint density at radius 1 is 1.05 bits per heavy atom. The molecule has 0 radical (unpaired) electrons. The van der Waals surface area contributed by atoms with Crippen molar-refractivity contribution in [3.63, 3.8) is 0 Å². The Bertz CT molecular complexity index is 818. The highest BCUT2D eigenvalue weighted by Crippen LogP contribution is 2.23. The highest BCUT2D eigenvalue weighted by atomic mass is 79.9. The number of fused-ring (bicyclic) bond motifs is 1. The number of carbonyl (C=O) groups is 1. The van der Waals surface area contributed by atoms with E-state index >= 15 is 0 Å². The smallest absolute Gasteiger partial charge is 0.338 e. The first-order valence-electron chi connectivity index (χ1n) is 6.94. The molecule has 0 fully saturated rings. The zero-order chi connectivity index (χ0) is 15.5. The summed E-state index contributed by atoms with van der Waals surface area (Å²) < 4.78 is 6.53. The maximum Gasteiger partial charge on any atom is 0.338 e. The van der Waals surface area contributed by atoms with Crippen LogP contribution in [0.5, 0.6) is 0 Å². The van der Waals surface area contributed by atoms with Crippen LogP contribution >= 0.6 is 15.9 Å². The number of halogens is 1. The van der Waals surface area contributed by atoms with Crippen LogP contribution in [0.2, 0.25) is 0 Å². The average molecular weight is 356 g/mol. The monoisotopic (exact) mass is 355 g/mol. The summed E-state index contributed by atoms with van der Waals surface area (Å²) in [4.78, 5) is 16.3. The number of nitrogens with zero attached hydrogens (tertiary/aromatic N) is 1. The van der Waals surface area contributed by atoms with E-state index in [1.54, 1.807) is 18.5 Å². The minimum absolute atomic E-state index is 0.309. The number of carbonyl (C=O) groups excluding carboxylic acids is 1. The zero-order valence-electron chi connectivity index (χ0n) is 12.0. The van der Waals surface area contributed by atoms with Gasteiger partial charge in [0.25, 0.3) is 0 Å². The molecule has 0 aliphatic heterocycles. The zero-order valence-corrected chi connectivity index (χ0v) is 13.6. The highest BCUT2D eigenvalue weighted by molar-refractivity contribution is 9.10. The van der Waals surface area contributed by atoms with Crippen molar-refractivity contribution in [3.05, 3.63) is 76.5 Å². The molecule has 0 spiro atoms. The van der Waals surface area contributed by atoms with Crippen LogP contribution in [0.1, 0.15) is 28.9 Å². The molecule has 3 rings (SSSR count). The number of pyridine rings is 1. The normalized spacial score (nSPS) is 12.1. The molecule has 0 aliphatic carbocycles. The SMILES string of the molecule is C[C@@H](OC(=O)c1ccc2cc(Br)ccc2c1)c1ccncc1. The molecule has 0 unspecified atom stereocenters. The van der Waals surface area contributed by atoms with Gasteiger partial charge in [-0.1, -0.05) is 28.1 Å². The van der Waals surface area contributed by atoms with Crippen LogP contribution in [0.15, 0.2) is 65.4 Å². The Hall–Kier alpha value is -2.20.